The van der Waals surface area contributed by atoms with Gasteiger partial charge in [0.2, 0.25) is 0 Å². The Morgan fingerprint density at radius 2 is 1.62 bits per heavy atom. The maximum atomic E-state index is 12.0. The van der Waals surface area contributed by atoms with Gasteiger partial charge in [0.25, 0.3) is 0 Å². The van der Waals surface area contributed by atoms with E-state index in [9.17, 15) is 14.7 Å². The number of hydrogen-bond acceptors (Lipinski definition) is 4. The number of ether oxygens (including phenoxy) is 1. The smallest absolute Gasteiger partial charge is 0.407 e. The highest BCUT2D eigenvalue weighted by molar-refractivity contribution is 5.92. The monoisotopic (exact) mass is 231 g/mol. The van der Waals surface area contributed by atoms with Crippen LogP contribution in [0.3, 0.4) is 0 Å². The van der Waals surface area contributed by atoms with Gasteiger partial charge in [0.1, 0.15) is 6.04 Å². The molecule has 0 aliphatic heterocycles. The van der Waals surface area contributed by atoms with Crippen molar-refractivity contribution in [2.75, 3.05) is 7.11 Å². The van der Waals surface area contributed by atoms with Gasteiger partial charge in [-0.2, -0.15) is 0 Å². The van der Waals surface area contributed by atoms with E-state index < -0.39 is 23.2 Å². The second kappa shape index (κ2) is 4.82. The molecule has 1 amide bonds. The van der Waals surface area contributed by atoms with Gasteiger partial charge in [0, 0.05) is 5.41 Å². The fraction of sp³-hybridized carbons (Fsp3) is 0.818. The van der Waals surface area contributed by atoms with Crippen molar-refractivity contribution in [1.82, 2.24) is 5.32 Å². The van der Waals surface area contributed by atoms with Gasteiger partial charge in [0.15, 0.2) is 5.78 Å². The minimum Gasteiger partial charge on any atom is -0.453 e. The Balaban J connectivity index is 4.98. The van der Waals surface area contributed by atoms with Crippen molar-refractivity contribution < 1.29 is 19.4 Å². The highest BCUT2D eigenvalue weighted by Gasteiger charge is 2.40. The molecule has 0 aromatic heterocycles. The van der Waals surface area contributed by atoms with E-state index in [-0.39, 0.29) is 5.78 Å². The first-order chi connectivity index (χ1) is 7.00. The summed E-state index contributed by atoms with van der Waals surface area (Å²) >= 11 is 0. The Morgan fingerprint density at radius 1 is 1.19 bits per heavy atom. The van der Waals surface area contributed by atoms with E-state index in [0.29, 0.717) is 0 Å². The van der Waals surface area contributed by atoms with E-state index in [2.05, 4.69) is 10.1 Å². The van der Waals surface area contributed by atoms with Crippen LogP contribution in [0.15, 0.2) is 0 Å². The van der Waals surface area contributed by atoms with Gasteiger partial charge in [-0.1, -0.05) is 20.8 Å². The molecular formula is C11H21NO4. The third-order valence-corrected chi connectivity index (χ3v) is 2.16. The highest BCUT2D eigenvalue weighted by Crippen LogP contribution is 2.22. The molecule has 0 heterocycles. The molecule has 0 aromatic rings. The molecule has 94 valence electrons. The molecule has 0 aliphatic carbocycles. The minimum absolute atomic E-state index is 0.245. The van der Waals surface area contributed by atoms with E-state index >= 15 is 0 Å². The summed E-state index contributed by atoms with van der Waals surface area (Å²) in [6.45, 7) is 8.13. The zero-order valence-electron chi connectivity index (χ0n) is 10.7. The van der Waals surface area contributed by atoms with Gasteiger partial charge in [-0.25, -0.2) is 4.79 Å². The summed E-state index contributed by atoms with van der Waals surface area (Å²) in [5.41, 5.74) is -1.98. The fourth-order valence-corrected chi connectivity index (χ4v) is 1.17. The number of rotatable bonds is 3. The van der Waals surface area contributed by atoms with E-state index in [1.54, 1.807) is 20.8 Å². The molecule has 16 heavy (non-hydrogen) atoms. The Morgan fingerprint density at radius 3 is 1.88 bits per heavy atom. The summed E-state index contributed by atoms with van der Waals surface area (Å²) in [6.07, 6.45) is -0.732. The first kappa shape index (κ1) is 14.9. The Kier molecular flexibility index (Phi) is 4.49. The van der Waals surface area contributed by atoms with Gasteiger partial charge in [-0.15, -0.1) is 0 Å². The lowest BCUT2D eigenvalue weighted by Gasteiger charge is -2.32. The van der Waals surface area contributed by atoms with Crippen molar-refractivity contribution in [2.24, 2.45) is 5.41 Å². The van der Waals surface area contributed by atoms with Crippen LogP contribution in [0.1, 0.15) is 34.6 Å². The summed E-state index contributed by atoms with van der Waals surface area (Å²) < 4.78 is 4.43. The van der Waals surface area contributed by atoms with Crippen molar-refractivity contribution in [3.05, 3.63) is 0 Å². The average Bonchev–Trinajstić information content (AvgIpc) is 2.09. The molecule has 0 spiro atoms. The maximum absolute atomic E-state index is 12.0. The maximum Gasteiger partial charge on any atom is 0.407 e. The number of Topliss-reactive ketones (excluding diaryl/α,β-unsaturated/α-hetero) is 1. The summed E-state index contributed by atoms with van der Waals surface area (Å²) in [5, 5.41) is 12.2. The van der Waals surface area contributed by atoms with E-state index in [1.807, 2.05) is 0 Å². The SMILES string of the molecule is COC(=O)N[C@H](C(=O)C(C)(C)C)C(C)(C)O. The molecule has 0 rings (SSSR count). The molecule has 0 aliphatic rings. The lowest BCUT2D eigenvalue weighted by atomic mass is 9.81. The molecule has 0 saturated carbocycles. The second-order valence-electron chi connectivity index (χ2n) is 5.34. The molecular weight excluding hydrogens is 210 g/mol. The van der Waals surface area contributed by atoms with Crippen LogP contribution >= 0.6 is 0 Å². The van der Waals surface area contributed by atoms with E-state index in [4.69, 9.17) is 0 Å². The van der Waals surface area contributed by atoms with Crippen LogP contribution in [-0.2, 0) is 9.53 Å². The van der Waals surface area contributed by atoms with Crippen molar-refractivity contribution in [2.45, 2.75) is 46.3 Å². The van der Waals surface area contributed by atoms with Gasteiger partial charge in [-0.3, -0.25) is 4.79 Å². The molecule has 0 aromatic carbocycles. The zero-order valence-corrected chi connectivity index (χ0v) is 10.7. The average molecular weight is 231 g/mol. The molecule has 0 bridgehead atoms. The quantitative estimate of drug-likeness (QED) is 0.762. The van der Waals surface area contributed by atoms with Crippen molar-refractivity contribution in [3.63, 3.8) is 0 Å². The lowest BCUT2D eigenvalue weighted by Crippen LogP contribution is -2.57. The highest BCUT2D eigenvalue weighted by atomic mass is 16.5. The zero-order chi connectivity index (χ0) is 13.1. The van der Waals surface area contributed by atoms with Gasteiger partial charge < -0.3 is 15.2 Å². The van der Waals surface area contributed by atoms with Crippen molar-refractivity contribution in [1.29, 1.82) is 0 Å². The molecule has 0 fully saturated rings. The number of aliphatic hydroxyl groups is 1. The van der Waals surface area contributed by atoms with Crippen LogP contribution in [0.2, 0.25) is 0 Å². The minimum atomic E-state index is -1.33. The van der Waals surface area contributed by atoms with Gasteiger partial charge >= 0.3 is 6.09 Å². The fourth-order valence-electron chi connectivity index (χ4n) is 1.17. The van der Waals surface area contributed by atoms with E-state index in [0.717, 1.165) is 0 Å². The van der Waals surface area contributed by atoms with Crippen molar-refractivity contribution in [3.8, 4) is 0 Å². The molecule has 0 saturated heterocycles. The Bertz CT molecular complexity index is 273. The topological polar surface area (TPSA) is 75.6 Å². The van der Waals surface area contributed by atoms with Crippen LogP contribution in [-0.4, -0.2) is 35.7 Å². The Labute approximate surface area is 96.2 Å². The second-order valence-corrected chi connectivity index (χ2v) is 5.34. The van der Waals surface area contributed by atoms with Gasteiger partial charge in [-0.05, 0) is 13.8 Å². The molecule has 5 heteroatoms. The number of nitrogens with one attached hydrogen (secondary N) is 1. The van der Waals surface area contributed by atoms with Crippen molar-refractivity contribution >= 4 is 11.9 Å². The third-order valence-electron chi connectivity index (χ3n) is 2.16. The van der Waals surface area contributed by atoms with Crippen LogP contribution in [0.4, 0.5) is 4.79 Å². The normalized spacial score (nSPS) is 14.2. The number of carbonyl (C=O) groups is 2. The number of carbonyl (C=O) groups excluding carboxylic acids is 2. The Hall–Kier alpha value is -1.10. The summed E-state index contributed by atoms with van der Waals surface area (Å²) in [7, 11) is 1.21. The lowest BCUT2D eigenvalue weighted by molar-refractivity contribution is -0.134. The number of methoxy groups -OCH3 is 1. The summed E-state index contributed by atoms with van der Waals surface area (Å²) in [5.74, 6) is -0.245. The molecule has 5 nitrogen and oxygen atoms in total. The molecule has 1 atom stereocenters. The summed E-state index contributed by atoms with van der Waals surface area (Å²) in [4.78, 5) is 23.1. The summed E-state index contributed by atoms with van der Waals surface area (Å²) in [6, 6.07) is -0.986. The molecule has 2 N–H and O–H groups in total. The largest absolute Gasteiger partial charge is 0.453 e. The first-order valence-electron chi connectivity index (χ1n) is 5.11. The standard InChI is InChI=1S/C11H21NO4/c1-10(2,3)8(13)7(11(4,5)15)12-9(14)16-6/h7,15H,1-6H3,(H,12,14)/t7-/m1/s1. The van der Waals surface area contributed by atoms with Crippen LogP contribution in [0.25, 0.3) is 0 Å². The van der Waals surface area contributed by atoms with E-state index in [1.165, 1.54) is 21.0 Å². The van der Waals surface area contributed by atoms with Gasteiger partial charge in [0.05, 0.1) is 12.7 Å². The number of ketones is 1. The van der Waals surface area contributed by atoms with Crippen LogP contribution in [0, 0.1) is 5.41 Å². The number of hydrogen-bond donors (Lipinski definition) is 2. The molecule has 0 unspecified atom stereocenters. The van der Waals surface area contributed by atoms with Crippen LogP contribution < -0.4 is 5.32 Å². The predicted octanol–water partition coefficient (Wildman–Crippen LogP) is 1.10. The number of amides is 1. The third kappa shape index (κ3) is 4.18. The predicted molar refractivity (Wildman–Crippen MR) is 60.1 cm³/mol. The molecule has 0 radical (unpaired) electrons. The number of alkyl carbamates (subject to hydrolysis) is 1. The van der Waals surface area contributed by atoms with Crippen LogP contribution in [0.5, 0.6) is 0 Å². The first-order valence-corrected chi connectivity index (χ1v) is 5.11.